The van der Waals surface area contributed by atoms with Crippen molar-refractivity contribution < 1.29 is 4.79 Å². The molecule has 4 nitrogen and oxygen atoms in total. The van der Waals surface area contributed by atoms with Gasteiger partial charge in [0, 0.05) is 38.2 Å². The van der Waals surface area contributed by atoms with Crippen molar-refractivity contribution in [1.82, 2.24) is 9.88 Å². The van der Waals surface area contributed by atoms with Crippen LogP contribution in [-0.2, 0) is 0 Å². The molecule has 0 bridgehead atoms. The molecule has 4 heteroatoms. The molecular weight excluding hydrogens is 226 g/mol. The first-order valence-corrected chi connectivity index (χ1v) is 6.67. The molecule has 0 aromatic carbocycles. The Labute approximate surface area is 108 Å². The lowest BCUT2D eigenvalue weighted by Gasteiger charge is -2.32. The van der Waals surface area contributed by atoms with Crippen LogP contribution in [0.1, 0.15) is 36.5 Å². The smallest absolute Gasteiger partial charge is 0.257 e. The maximum atomic E-state index is 12.5. The molecule has 0 unspecified atom stereocenters. The third-order valence-corrected chi connectivity index (χ3v) is 3.69. The summed E-state index contributed by atoms with van der Waals surface area (Å²) in [5, 5.41) is 3.05. The van der Waals surface area contributed by atoms with E-state index in [4.69, 9.17) is 0 Å². The molecule has 2 rings (SSSR count). The van der Waals surface area contributed by atoms with Crippen molar-refractivity contribution in [1.29, 1.82) is 0 Å². The highest BCUT2D eigenvalue weighted by molar-refractivity contribution is 5.99. The van der Waals surface area contributed by atoms with E-state index in [2.05, 4.69) is 10.3 Å². The predicted octanol–water partition coefficient (Wildman–Crippen LogP) is 2.39. The summed E-state index contributed by atoms with van der Waals surface area (Å²) in [5.41, 5.74) is 1.52. The molecule has 1 amide bonds. The van der Waals surface area contributed by atoms with E-state index >= 15 is 0 Å². The quantitative estimate of drug-likeness (QED) is 0.869. The second kappa shape index (κ2) is 5.85. The van der Waals surface area contributed by atoms with E-state index in [9.17, 15) is 4.79 Å². The average Bonchev–Trinajstić information content (AvgIpc) is 2.37. The summed E-state index contributed by atoms with van der Waals surface area (Å²) in [4.78, 5) is 18.5. The number of rotatable bonds is 5. The van der Waals surface area contributed by atoms with E-state index in [1.165, 1.54) is 19.3 Å². The van der Waals surface area contributed by atoms with E-state index in [0.717, 1.165) is 18.8 Å². The highest BCUT2D eigenvalue weighted by atomic mass is 16.2. The lowest BCUT2D eigenvalue weighted by molar-refractivity contribution is 0.0707. The first kappa shape index (κ1) is 12.9. The highest BCUT2D eigenvalue weighted by Crippen LogP contribution is 2.28. The largest absolute Gasteiger partial charge is 0.387 e. The standard InChI is InChI=1S/C14H21N3O/c1-3-17(10-11-5-4-6-11)14(18)12-9-16-8-7-13(12)15-2/h7-9,11H,3-6,10H2,1-2H3,(H,15,16). The van der Waals surface area contributed by atoms with Gasteiger partial charge in [-0.05, 0) is 31.7 Å². The SMILES string of the molecule is CCN(CC1CCC1)C(=O)c1cnccc1NC. The molecular formula is C14H21N3O. The normalized spacial score (nSPS) is 15.0. The Hall–Kier alpha value is -1.58. The van der Waals surface area contributed by atoms with Crippen LogP contribution in [0.3, 0.4) is 0 Å². The molecule has 0 radical (unpaired) electrons. The van der Waals surface area contributed by atoms with Crippen LogP contribution in [0.25, 0.3) is 0 Å². The minimum Gasteiger partial charge on any atom is -0.387 e. The number of hydrogen-bond donors (Lipinski definition) is 1. The zero-order valence-electron chi connectivity index (χ0n) is 11.1. The van der Waals surface area contributed by atoms with Gasteiger partial charge in [-0.1, -0.05) is 6.42 Å². The van der Waals surface area contributed by atoms with Gasteiger partial charge < -0.3 is 10.2 Å². The van der Waals surface area contributed by atoms with Crippen molar-refractivity contribution in [2.45, 2.75) is 26.2 Å². The van der Waals surface area contributed by atoms with E-state index < -0.39 is 0 Å². The summed E-state index contributed by atoms with van der Waals surface area (Å²) in [7, 11) is 1.83. The number of nitrogens with one attached hydrogen (secondary N) is 1. The second-order valence-corrected chi connectivity index (χ2v) is 4.81. The fourth-order valence-electron chi connectivity index (χ4n) is 2.30. The molecule has 1 fully saturated rings. The first-order valence-electron chi connectivity index (χ1n) is 6.67. The summed E-state index contributed by atoms with van der Waals surface area (Å²) in [6, 6.07) is 1.84. The zero-order chi connectivity index (χ0) is 13.0. The van der Waals surface area contributed by atoms with Gasteiger partial charge in [0.1, 0.15) is 0 Å². The van der Waals surface area contributed by atoms with Crippen molar-refractivity contribution >= 4 is 11.6 Å². The van der Waals surface area contributed by atoms with Crippen molar-refractivity contribution in [3.8, 4) is 0 Å². The van der Waals surface area contributed by atoms with Gasteiger partial charge >= 0.3 is 0 Å². The third-order valence-electron chi connectivity index (χ3n) is 3.69. The van der Waals surface area contributed by atoms with Gasteiger partial charge in [-0.15, -0.1) is 0 Å². The molecule has 0 aliphatic heterocycles. The van der Waals surface area contributed by atoms with Gasteiger partial charge in [0.15, 0.2) is 0 Å². The number of amides is 1. The molecule has 98 valence electrons. The van der Waals surface area contributed by atoms with Gasteiger partial charge in [0.05, 0.1) is 5.56 Å². The number of pyridine rings is 1. The topological polar surface area (TPSA) is 45.2 Å². The van der Waals surface area contributed by atoms with Crippen LogP contribution in [0, 0.1) is 5.92 Å². The molecule has 1 aromatic rings. The number of carbonyl (C=O) groups excluding carboxylic acids is 1. The molecule has 1 aliphatic carbocycles. The summed E-state index contributed by atoms with van der Waals surface area (Å²) in [5.74, 6) is 0.783. The van der Waals surface area contributed by atoms with Crippen molar-refractivity contribution in [3.05, 3.63) is 24.0 Å². The van der Waals surface area contributed by atoms with Crippen LogP contribution in [0.4, 0.5) is 5.69 Å². The number of anilines is 1. The molecule has 1 aliphatic rings. The molecule has 1 aromatic heterocycles. The Kier molecular flexibility index (Phi) is 4.18. The van der Waals surface area contributed by atoms with Crippen LogP contribution >= 0.6 is 0 Å². The Bertz CT molecular complexity index is 415. The Morgan fingerprint density at radius 2 is 2.33 bits per heavy atom. The van der Waals surface area contributed by atoms with Crippen molar-refractivity contribution in [2.24, 2.45) is 5.92 Å². The molecule has 18 heavy (non-hydrogen) atoms. The molecule has 1 N–H and O–H groups in total. The van der Waals surface area contributed by atoms with Crippen LogP contribution in [0.5, 0.6) is 0 Å². The molecule has 0 saturated heterocycles. The van der Waals surface area contributed by atoms with E-state index in [-0.39, 0.29) is 5.91 Å². The lowest BCUT2D eigenvalue weighted by atomic mass is 9.85. The van der Waals surface area contributed by atoms with Crippen LogP contribution in [0.15, 0.2) is 18.5 Å². The zero-order valence-corrected chi connectivity index (χ0v) is 11.1. The van der Waals surface area contributed by atoms with E-state index in [1.807, 2.05) is 24.9 Å². The van der Waals surface area contributed by atoms with Gasteiger partial charge in [0.25, 0.3) is 5.91 Å². The number of aromatic nitrogens is 1. The highest BCUT2D eigenvalue weighted by Gasteiger charge is 2.24. The van der Waals surface area contributed by atoms with Gasteiger partial charge in [-0.3, -0.25) is 9.78 Å². The molecule has 1 heterocycles. The summed E-state index contributed by atoms with van der Waals surface area (Å²) in [6.45, 7) is 3.67. The molecule has 1 saturated carbocycles. The second-order valence-electron chi connectivity index (χ2n) is 4.81. The average molecular weight is 247 g/mol. The fourth-order valence-corrected chi connectivity index (χ4v) is 2.30. The summed E-state index contributed by atoms with van der Waals surface area (Å²) in [6.07, 6.45) is 7.18. The van der Waals surface area contributed by atoms with Crippen LogP contribution < -0.4 is 5.32 Å². The molecule has 0 atom stereocenters. The van der Waals surface area contributed by atoms with Gasteiger partial charge in [-0.2, -0.15) is 0 Å². The monoisotopic (exact) mass is 247 g/mol. The summed E-state index contributed by atoms with van der Waals surface area (Å²) >= 11 is 0. The number of hydrogen-bond acceptors (Lipinski definition) is 3. The maximum absolute atomic E-state index is 12.5. The predicted molar refractivity (Wildman–Crippen MR) is 72.7 cm³/mol. The maximum Gasteiger partial charge on any atom is 0.257 e. The third kappa shape index (κ3) is 2.63. The van der Waals surface area contributed by atoms with E-state index in [1.54, 1.807) is 12.4 Å². The van der Waals surface area contributed by atoms with Crippen LogP contribution in [0.2, 0.25) is 0 Å². The number of carbonyl (C=O) groups is 1. The van der Waals surface area contributed by atoms with Crippen molar-refractivity contribution in [2.75, 3.05) is 25.5 Å². The minimum absolute atomic E-state index is 0.0850. The lowest BCUT2D eigenvalue weighted by Crippen LogP contribution is -2.37. The van der Waals surface area contributed by atoms with Gasteiger partial charge in [-0.25, -0.2) is 0 Å². The Morgan fingerprint density at radius 3 is 2.89 bits per heavy atom. The Morgan fingerprint density at radius 1 is 1.56 bits per heavy atom. The van der Waals surface area contributed by atoms with Crippen molar-refractivity contribution in [3.63, 3.8) is 0 Å². The molecule has 0 spiro atoms. The van der Waals surface area contributed by atoms with Crippen LogP contribution in [-0.4, -0.2) is 35.9 Å². The van der Waals surface area contributed by atoms with Gasteiger partial charge in [0.2, 0.25) is 0 Å². The Balaban J connectivity index is 2.11. The van der Waals surface area contributed by atoms with E-state index in [0.29, 0.717) is 11.5 Å². The fraction of sp³-hybridized carbons (Fsp3) is 0.571. The first-order chi connectivity index (χ1) is 8.76. The minimum atomic E-state index is 0.0850. The number of nitrogens with zero attached hydrogens (tertiary/aromatic N) is 2. The summed E-state index contributed by atoms with van der Waals surface area (Å²) < 4.78 is 0.